The van der Waals surface area contributed by atoms with Crippen molar-refractivity contribution in [2.45, 2.75) is 51.9 Å². The Kier molecular flexibility index (Phi) is 8.43. The molecule has 0 radical (unpaired) electrons. The third-order valence-corrected chi connectivity index (χ3v) is 12.0. The topological polar surface area (TPSA) is 20.2 Å². The van der Waals surface area contributed by atoms with Crippen LogP contribution in [0.5, 0.6) is 5.75 Å². The first-order valence-corrected chi connectivity index (χ1v) is 15.0. The van der Waals surface area contributed by atoms with E-state index in [1.807, 2.05) is 12.1 Å². The van der Waals surface area contributed by atoms with Gasteiger partial charge in [-0.1, -0.05) is 119 Å². The van der Waals surface area contributed by atoms with Crippen LogP contribution in [0.15, 0.2) is 97.1 Å². The minimum absolute atomic E-state index is 0.0702. The van der Waals surface area contributed by atoms with Crippen molar-refractivity contribution in [3.63, 3.8) is 0 Å². The van der Waals surface area contributed by atoms with Gasteiger partial charge in [-0.15, -0.1) is 0 Å². The van der Waals surface area contributed by atoms with Gasteiger partial charge in [-0.05, 0) is 67.7 Å². The van der Waals surface area contributed by atoms with Gasteiger partial charge in [0.2, 0.25) is 0 Å². The highest BCUT2D eigenvalue weighted by atomic mass is 31.1. The third kappa shape index (κ3) is 5.69. The molecule has 0 aliphatic heterocycles. The van der Waals surface area contributed by atoms with E-state index in [-0.39, 0.29) is 5.16 Å². The van der Waals surface area contributed by atoms with Crippen molar-refractivity contribution >= 4 is 32.4 Å². The second-order valence-corrected chi connectivity index (χ2v) is 13.2. The Balaban J connectivity index is 1.79. The van der Waals surface area contributed by atoms with Crippen LogP contribution >= 0.6 is 16.5 Å². The summed E-state index contributed by atoms with van der Waals surface area (Å²) in [5.74, 6) is 0.428. The highest BCUT2D eigenvalue weighted by Crippen LogP contribution is 2.51. The van der Waals surface area contributed by atoms with E-state index < -0.39 is 7.92 Å². The predicted molar refractivity (Wildman–Crippen MR) is 157 cm³/mol. The van der Waals surface area contributed by atoms with E-state index in [1.165, 1.54) is 32.6 Å². The quantitative estimate of drug-likeness (QED) is 0.235. The lowest BCUT2D eigenvalue weighted by atomic mass is 9.91. The second-order valence-electron chi connectivity index (χ2n) is 9.30. The van der Waals surface area contributed by atoms with Crippen LogP contribution in [-0.4, -0.2) is 5.11 Å². The smallest absolute Gasteiger partial charge is 0.119 e. The van der Waals surface area contributed by atoms with Gasteiger partial charge in [-0.25, -0.2) is 0 Å². The summed E-state index contributed by atoms with van der Waals surface area (Å²) in [6.45, 7) is 8.92. The molecular formula is C32H36OP2. The van der Waals surface area contributed by atoms with Crippen LogP contribution in [0.4, 0.5) is 0 Å². The Morgan fingerprint density at radius 1 is 0.743 bits per heavy atom. The van der Waals surface area contributed by atoms with Crippen LogP contribution in [0.3, 0.4) is 0 Å². The summed E-state index contributed by atoms with van der Waals surface area (Å²) in [6.07, 6.45) is 3.02. The van der Waals surface area contributed by atoms with Crippen LogP contribution in [0, 0.1) is 13.8 Å². The van der Waals surface area contributed by atoms with Gasteiger partial charge in [0, 0.05) is 16.9 Å². The number of aryl methyl sites for hydroxylation is 2. The molecule has 0 amide bonds. The van der Waals surface area contributed by atoms with Gasteiger partial charge < -0.3 is 5.11 Å². The fourth-order valence-electron chi connectivity index (χ4n) is 4.90. The summed E-state index contributed by atoms with van der Waals surface area (Å²) in [4.78, 5) is 0. The first kappa shape index (κ1) is 25.6. The average Bonchev–Trinajstić information content (AvgIpc) is 2.90. The molecule has 4 aromatic rings. The summed E-state index contributed by atoms with van der Waals surface area (Å²) in [5, 5.41) is 15.1. The molecule has 4 aromatic carbocycles. The number of hydrogen-bond acceptors (Lipinski definition) is 1. The van der Waals surface area contributed by atoms with E-state index in [1.54, 1.807) is 0 Å². The van der Waals surface area contributed by atoms with Crippen molar-refractivity contribution in [1.82, 2.24) is 0 Å². The average molecular weight is 499 g/mol. The molecule has 0 aromatic heterocycles. The zero-order valence-corrected chi connectivity index (χ0v) is 23.1. The molecule has 0 saturated carbocycles. The number of hydrogen-bond donors (Lipinski definition) is 1. The Bertz CT molecular complexity index is 1210. The number of phenolic OH excluding ortho intramolecular Hbond substituents is 1. The third-order valence-electron chi connectivity index (χ3n) is 7.06. The number of aromatic hydroxyl groups is 1. The first-order valence-electron chi connectivity index (χ1n) is 12.5. The van der Waals surface area contributed by atoms with Gasteiger partial charge in [0.25, 0.3) is 0 Å². The van der Waals surface area contributed by atoms with Crippen molar-refractivity contribution in [1.29, 1.82) is 0 Å². The minimum atomic E-state index is -0.516. The fourth-order valence-corrected chi connectivity index (χ4v) is 9.16. The van der Waals surface area contributed by atoms with Gasteiger partial charge in [0.15, 0.2) is 0 Å². The summed E-state index contributed by atoms with van der Waals surface area (Å²) in [5.41, 5.74) is 5.11. The molecule has 0 fully saturated rings. The molecule has 0 aliphatic carbocycles. The second kappa shape index (κ2) is 11.5. The van der Waals surface area contributed by atoms with Crippen LogP contribution in [-0.2, 0) is 11.3 Å². The van der Waals surface area contributed by atoms with Crippen LogP contribution in [0.25, 0.3) is 0 Å². The molecule has 1 nitrogen and oxygen atoms in total. The first-order chi connectivity index (χ1) is 17.0. The molecule has 3 heteroatoms. The van der Waals surface area contributed by atoms with Crippen LogP contribution in [0.2, 0.25) is 0 Å². The van der Waals surface area contributed by atoms with Crippen LogP contribution in [0.1, 0.15) is 48.9 Å². The molecular weight excluding hydrogens is 462 g/mol. The van der Waals surface area contributed by atoms with E-state index in [4.69, 9.17) is 0 Å². The summed E-state index contributed by atoms with van der Waals surface area (Å²) in [6, 6.07) is 34.9. The van der Waals surface area contributed by atoms with Crippen molar-refractivity contribution in [3.8, 4) is 5.75 Å². The highest BCUT2D eigenvalue weighted by Gasteiger charge is 2.33. The Labute approximate surface area is 214 Å². The van der Waals surface area contributed by atoms with Crippen LogP contribution < -0.4 is 15.9 Å². The number of phenols is 1. The number of benzene rings is 4. The lowest BCUT2D eigenvalue weighted by Crippen LogP contribution is -2.25. The van der Waals surface area contributed by atoms with Crippen molar-refractivity contribution in [2.75, 3.05) is 0 Å². The highest BCUT2D eigenvalue weighted by molar-refractivity contribution is 7.72. The monoisotopic (exact) mass is 498 g/mol. The van der Waals surface area contributed by atoms with E-state index in [0.29, 0.717) is 14.3 Å². The van der Waals surface area contributed by atoms with E-state index >= 15 is 0 Å². The lowest BCUT2D eigenvalue weighted by Gasteiger charge is -2.35. The molecule has 0 heterocycles. The summed E-state index contributed by atoms with van der Waals surface area (Å²) < 4.78 is 0. The largest absolute Gasteiger partial charge is 0.508 e. The van der Waals surface area contributed by atoms with E-state index in [0.717, 1.165) is 24.6 Å². The summed E-state index contributed by atoms with van der Waals surface area (Å²) in [7, 11) is 0.0826. The fraction of sp³-hybridized carbons (Fsp3) is 0.250. The maximum Gasteiger partial charge on any atom is 0.119 e. The Morgan fingerprint density at radius 3 is 1.91 bits per heavy atom. The zero-order chi connectivity index (χ0) is 24.8. The molecule has 35 heavy (non-hydrogen) atoms. The number of rotatable bonds is 9. The van der Waals surface area contributed by atoms with E-state index in [2.05, 4.69) is 113 Å². The van der Waals surface area contributed by atoms with Crippen molar-refractivity contribution in [3.05, 3.63) is 119 Å². The van der Waals surface area contributed by atoms with Crippen molar-refractivity contribution in [2.24, 2.45) is 0 Å². The van der Waals surface area contributed by atoms with Gasteiger partial charge >= 0.3 is 0 Å². The van der Waals surface area contributed by atoms with Gasteiger partial charge in [0.1, 0.15) is 5.75 Å². The molecule has 1 unspecified atom stereocenters. The summed E-state index contributed by atoms with van der Waals surface area (Å²) >= 11 is 0. The van der Waals surface area contributed by atoms with Gasteiger partial charge in [-0.2, -0.15) is 0 Å². The molecule has 4 rings (SSSR count). The molecule has 0 bridgehead atoms. The zero-order valence-electron chi connectivity index (χ0n) is 21.3. The molecule has 1 N–H and O–H groups in total. The molecule has 0 aliphatic rings. The van der Waals surface area contributed by atoms with Crippen molar-refractivity contribution < 1.29 is 5.11 Å². The molecule has 180 valence electrons. The Hall–Kier alpha value is -2.46. The predicted octanol–water partition coefficient (Wildman–Crippen LogP) is 7.66. The minimum Gasteiger partial charge on any atom is -0.508 e. The maximum absolute atomic E-state index is 10.9. The van der Waals surface area contributed by atoms with Gasteiger partial charge in [0.05, 0.1) is 0 Å². The molecule has 1 atom stereocenters. The standard InChI is InChI=1S/C32H36OP2/c1-5-32(6-2,29-22-24(3)20-21-30(29)33)34-31-25(4)14-13-15-26(31)23-35(27-16-9-7-10-17-27)28-18-11-8-12-19-28/h7-22,33-34H,5-6,23H2,1-4H3. The normalized spacial score (nSPS) is 12.0. The maximum atomic E-state index is 10.9. The van der Waals surface area contributed by atoms with Gasteiger partial charge in [-0.3, -0.25) is 0 Å². The lowest BCUT2D eigenvalue weighted by molar-refractivity contribution is 0.448. The van der Waals surface area contributed by atoms with E-state index in [9.17, 15) is 5.11 Å². The Morgan fingerprint density at radius 2 is 1.34 bits per heavy atom. The SMILES string of the molecule is CCC(CC)(Pc1c(C)cccc1CP(c1ccccc1)c1ccccc1)c1cc(C)ccc1O. The molecule has 0 saturated heterocycles. The molecule has 0 spiro atoms.